The average Bonchev–Trinajstić information content (AvgIpc) is 3.15. The molecule has 0 aliphatic carbocycles. The number of nitrogens with zero attached hydrogens (tertiary/aromatic N) is 4. The Bertz CT molecular complexity index is 817. The maximum atomic E-state index is 12.2. The predicted octanol–water partition coefficient (Wildman–Crippen LogP) is 1.78. The highest BCUT2D eigenvalue weighted by Gasteiger charge is 2.08. The lowest BCUT2D eigenvalue weighted by Gasteiger charge is -2.10. The van der Waals surface area contributed by atoms with E-state index in [0.29, 0.717) is 24.5 Å². The normalized spacial score (nSPS) is 10.4. The molecule has 3 aromatic rings. The van der Waals surface area contributed by atoms with Crippen molar-refractivity contribution in [3.05, 3.63) is 66.4 Å². The molecule has 0 saturated carbocycles. The molecule has 122 valence electrons. The minimum Gasteiger partial charge on any atom is -0.491 e. The van der Waals surface area contributed by atoms with Crippen molar-refractivity contribution in [2.75, 3.05) is 13.2 Å². The van der Waals surface area contributed by atoms with Gasteiger partial charge in [-0.1, -0.05) is 18.2 Å². The summed E-state index contributed by atoms with van der Waals surface area (Å²) in [6.45, 7) is 2.79. The zero-order valence-electron chi connectivity index (χ0n) is 13.2. The number of carbonyl (C=O) groups is 1. The molecule has 1 aromatic carbocycles. The van der Waals surface area contributed by atoms with Crippen molar-refractivity contribution in [3.8, 4) is 11.6 Å². The molecular formula is C17H17N5O2. The van der Waals surface area contributed by atoms with Gasteiger partial charge < -0.3 is 10.1 Å². The van der Waals surface area contributed by atoms with Gasteiger partial charge in [-0.3, -0.25) is 4.79 Å². The monoisotopic (exact) mass is 323 g/mol. The number of hydrogen-bond acceptors (Lipinski definition) is 5. The Hall–Kier alpha value is -3.22. The number of hydrogen-bond donors (Lipinski definition) is 1. The Labute approximate surface area is 139 Å². The highest BCUT2D eigenvalue weighted by Crippen LogP contribution is 2.15. The van der Waals surface area contributed by atoms with Gasteiger partial charge in [0.2, 0.25) is 0 Å². The fourth-order valence-electron chi connectivity index (χ4n) is 2.16. The van der Waals surface area contributed by atoms with Crippen LogP contribution >= 0.6 is 0 Å². The zero-order valence-corrected chi connectivity index (χ0v) is 13.2. The summed E-state index contributed by atoms with van der Waals surface area (Å²) >= 11 is 0. The molecule has 0 aliphatic heterocycles. The molecule has 0 saturated heterocycles. The van der Waals surface area contributed by atoms with E-state index >= 15 is 0 Å². The third kappa shape index (κ3) is 3.75. The Morgan fingerprint density at radius 1 is 1.29 bits per heavy atom. The van der Waals surface area contributed by atoms with Gasteiger partial charge in [0.1, 0.15) is 25.0 Å². The summed E-state index contributed by atoms with van der Waals surface area (Å²) in [5, 5.41) is 6.82. The second-order valence-electron chi connectivity index (χ2n) is 5.11. The van der Waals surface area contributed by atoms with E-state index in [1.54, 1.807) is 18.3 Å². The molecule has 3 rings (SSSR count). The van der Waals surface area contributed by atoms with Crippen LogP contribution in [0.1, 0.15) is 15.9 Å². The summed E-state index contributed by atoms with van der Waals surface area (Å²) < 4.78 is 7.15. The second-order valence-corrected chi connectivity index (χ2v) is 5.11. The van der Waals surface area contributed by atoms with Crippen LogP contribution in [0.3, 0.4) is 0 Å². The smallest absolute Gasteiger partial charge is 0.251 e. The molecule has 2 heterocycles. The van der Waals surface area contributed by atoms with E-state index < -0.39 is 0 Å². The number of amides is 1. The van der Waals surface area contributed by atoms with Gasteiger partial charge in [0.25, 0.3) is 5.91 Å². The Morgan fingerprint density at radius 3 is 2.96 bits per heavy atom. The minimum atomic E-state index is -0.188. The fraction of sp³-hybridized carbons (Fsp3) is 0.176. The summed E-state index contributed by atoms with van der Waals surface area (Å²) in [4.78, 5) is 20.2. The lowest BCUT2D eigenvalue weighted by atomic mass is 10.2. The molecule has 0 unspecified atom stereocenters. The van der Waals surface area contributed by atoms with Gasteiger partial charge in [0, 0.05) is 11.8 Å². The van der Waals surface area contributed by atoms with Crippen molar-refractivity contribution < 1.29 is 9.53 Å². The van der Waals surface area contributed by atoms with Crippen molar-refractivity contribution in [2.24, 2.45) is 0 Å². The van der Waals surface area contributed by atoms with Crippen LogP contribution in [0, 0.1) is 6.92 Å². The van der Waals surface area contributed by atoms with E-state index in [9.17, 15) is 4.79 Å². The quantitative estimate of drug-likeness (QED) is 0.699. The highest BCUT2D eigenvalue weighted by molar-refractivity contribution is 5.94. The van der Waals surface area contributed by atoms with Crippen LogP contribution in [0.2, 0.25) is 0 Å². The van der Waals surface area contributed by atoms with Crippen molar-refractivity contribution in [1.29, 1.82) is 0 Å². The van der Waals surface area contributed by atoms with Crippen LogP contribution in [-0.4, -0.2) is 38.8 Å². The lowest BCUT2D eigenvalue weighted by Crippen LogP contribution is -2.28. The number of benzene rings is 1. The van der Waals surface area contributed by atoms with Crippen molar-refractivity contribution in [1.82, 2.24) is 25.1 Å². The topological polar surface area (TPSA) is 81.9 Å². The maximum absolute atomic E-state index is 12.2. The molecule has 2 aromatic heterocycles. The van der Waals surface area contributed by atoms with Gasteiger partial charge in [-0.15, -0.1) is 0 Å². The van der Waals surface area contributed by atoms with E-state index in [-0.39, 0.29) is 5.91 Å². The predicted molar refractivity (Wildman–Crippen MR) is 88.2 cm³/mol. The Kier molecular flexibility index (Phi) is 4.81. The first-order chi connectivity index (χ1) is 11.7. The van der Waals surface area contributed by atoms with Crippen LogP contribution in [0.4, 0.5) is 0 Å². The van der Waals surface area contributed by atoms with Crippen LogP contribution in [0.15, 0.2) is 55.2 Å². The van der Waals surface area contributed by atoms with E-state index in [1.807, 2.05) is 31.2 Å². The molecular weight excluding hydrogens is 306 g/mol. The lowest BCUT2D eigenvalue weighted by molar-refractivity contribution is 0.0947. The molecule has 1 amide bonds. The Morgan fingerprint density at radius 2 is 2.17 bits per heavy atom. The summed E-state index contributed by atoms with van der Waals surface area (Å²) in [7, 11) is 0. The number of rotatable bonds is 6. The molecule has 7 nitrogen and oxygen atoms in total. The molecule has 0 atom stereocenters. The average molecular weight is 323 g/mol. The maximum Gasteiger partial charge on any atom is 0.251 e. The number of para-hydroxylation sites is 1. The summed E-state index contributed by atoms with van der Waals surface area (Å²) in [6, 6.07) is 11.1. The number of aromatic nitrogens is 4. The first-order valence-corrected chi connectivity index (χ1v) is 7.52. The zero-order chi connectivity index (χ0) is 16.8. The van der Waals surface area contributed by atoms with Crippen molar-refractivity contribution >= 4 is 5.91 Å². The molecule has 7 heteroatoms. The van der Waals surface area contributed by atoms with E-state index in [1.165, 1.54) is 17.3 Å². The highest BCUT2D eigenvalue weighted by atomic mass is 16.5. The van der Waals surface area contributed by atoms with Gasteiger partial charge in [0.15, 0.2) is 5.82 Å². The molecule has 0 spiro atoms. The van der Waals surface area contributed by atoms with E-state index in [0.717, 1.165) is 11.3 Å². The van der Waals surface area contributed by atoms with Gasteiger partial charge in [0.05, 0.1) is 6.54 Å². The number of aryl methyl sites for hydroxylation is 1. The number of pyridine rings is 1. The third-order valence-electron chi connectivity index (χ3n) is 3.40. The third-order valence-corrected chi connectivity index (χ3v) is 3.40. The largest absolute Gasteiger partial charge is 0.491 e. The Balaban J connectivity index is 1.54. The first kappa shape index (κ1) is 15.7. The number of nitrogens with one attached hydrogen (secondary N) is 1. The standard InChI is InChI=1S/C17H17N5O2/c1-13-4-2-3-5-15(13)24-9-8-20-17(23)14-6-7-19-16(10-14)22-12-18-11-21-22/h2-7,10-12H,8-9H2,1H3,(H,20,23). The summed E-state index contributed by atoms with van der Waals surface area (Å²) in [6.07, 6.45) is 4.51. The molecule has 0 bridgehead atoms. The van der Waals surface area contributed by atoms with Crippen LogP contribution in [0.25, 0.3) is 5.82 Å². The van der Waals surface area contributed by atoms with Crippen LogP contribution in [-0.2, 0) is 0 Å². The number of ether oxygens (including phenoxy) is 1. The minimum absolute atomic E-state index is 0.188. The SMILES string of the molecule is Cc1ccccc1OCCNC(=O)c1ccnc(-n2cncn2)c1. The van der Waals surface area contributed by atoms with Gasteiger partial charge >= 0.3 is 0 Å². The molecule has 24 heavy (non-hydrogen) atoms. The molecule has 1 N–H and O–H groups in total. The summed E-state index contributed by atoms with van der Waals surface area (Å²) in [5.74, 6) is 1.17. The first-order valence-electron chi connectivity index (χ1n) is 7.52. The molecule has 0 fully saturated rings. The van der Waals surface area contributed by atoms with Gasteiger partial charge in [-0.05, 0) is 30.7 Å². The number of carbonyl (C=O) groups excluding carboxylic acids is 1. The molecule has 0 aliphatic rings. The van der Waals surface area contributed by atoms with Gasteiger partial charge in [-0.2, -0.15) is 5.10 Å². The van der Waals surface area contributed by atoms with E-state index in [2.05, 4.69) is 20.4 Å². The van der Waals surface area contributed by atoms with Gasteiger partial charge in [-0.25, -0.2) is 14.6 Å². The van der Waals surface area contributed by atoms with Crippen molar-refractivity contribution in [2.45, 2.75) is 6.92 Å². The van der Waals surface area contributed by atoms with Crippen molar-refractivity contribution in [3.63, 3.8) is 0 Å². The fourth-order valence-corrected chi connectivity index (χ4v) is 2.16. The molecule has 0 radical (unpaired) electrons. The van der Waals surface area contributed by atoms with Crippen LogP contribution in [0.5, 0.6) is 5.75 Å². The van der Waals surface area contributed by atoms with Crippen LogP contribution < -0.4 is 10.1 Å². The second kappa shape index (κ2) is 7.36. The van der Waals surface area contributed by atoms with E-state index in [4.69, 9.17) is 4.74 Å². The summed E-state index contributed by atoms with van der Waals surface area (Å²) in [5.41, 5.74) is 1.57.